The van der Waals surface area contributed by atoms with Crippen LogP contribution in [0.5, 0.6) is 0 Å². The van der Waals surface area contributed by atoms with Crippen molar-refractivity contribution in [3.05, 3.63) is 0 Å². The highest BCUT2D eigenvalue weighted by atomic mass is 15.1. The number of nitrogens with one attached hydrogen (secondary N) is 1. The van der Waals surface area contributed by atoms with Gasteiger partial charge in [-0.2, -0.15) is 0 Å². The predicted octanol–water partition coefficient (Wildman–Crippen LogP) is 4.59. The van der Waals surface area contributed by atoms with Crippen molar-refractivity contribution in [3.8, 4) is 0 Å². The molecule has 0 unspecified atom stereocenters. The van der Waals surface area contributed by atoms with Gasteiger partial charge in [0.25, 0.3) is 0 Å². The van der Waals surface area contributed by atoms with Gasteiger partial charge in [-0.1, -0.05) is 59.3 Å². The molecule has 0 aliphatic carbocycles. The van der Waals surface area contributed by atoms with Gasteiger partial charge in [0.2, 0.25) is 0 Å². The van der Waals surface area contributed by atoms with E-state index < -0.39 is 0 Å². The van der Waals surface area contributed by atoms with Crippen molar-refractivity contribution in [3.63, 3.8) is 0 Å². The molecule has 120 valence electrons. The van der Waals surface area contributed by atoms with Gasteiger partial charge in [-0.05, 0) is 45.3 Å². The summed E-state index contributed by atoms with van der Waals surface area (Å²) in [4.78, 5) is 2.58. The zero-order valence-electron chi connectivity index (χ0n) is 14.3. The standard InChI is InChI=1S/C18H38N2/c1-4-7-9-11-17(12-10-8-5-2)19-18-13-15-20(6-3)16-14-18/h17-19H,4-16H2,1-3H3. The summed E-state index contributed by atoms with van der Waals surface area (Å²) in [6, 6.07) is 1.57. The molecule has 1 heterocycles. The fourth-order valence-electron chi connectivity index (χ4n) is 3.34. The smallest absolute Gasteiger partial charge is 0.00940 e. The molecular weight excluding hydrogens is 244 g/mol. The van der Waals surface area contributed by atoms with Crippen LogP contribution in [0.25, 0.3) is 0 Å². The number of nitrogens with zero attached hydrogens (tertiary/aromatic N) is 1. The predicted molar refractivity (Wildman–Crippen MR) is 90.3 cm³/mol. The van der Waals surface area contributed by atoms with Gasteiger partial charge < -0.3 is 10.2 Å². The van der Waals surface area contributed by atoms with E-state index in [1.54, 1.807) is 0 Å². The van der Waals surface area contributed by atoms with Crippen LogP contribution in [-0.2, 0) is 0 Å². The molecular formula is C18H38N2. The molecule has 0 amide bonds. The van der Waals surface area contributed by atoms with Crippen LogP contribution in [0.15, 0.2) is 0 Å². The first-order chi connectivity index (χ1) is 9.80. The molecule has 1 N–H and O–H groups in total. The lowest BCUT2D eigenvalue weighted by molar-refractivity contribution is 0.194. The van der Waals surface area contributed by atoms with E-state index in [2.05, 4.69) is 31.0 Å². The maximum atomic E-state index is 3.99. The number of hydrogen-bond acceptors (Lipinski definition) is 2. The number of piperidine rings is 1. The maximum absolute atomic E-state index is 3.99. The zero-order valence-corrected chi connectivity index (χ0v) is 14.3. The van der Waals surface area contributed by atoms with Crippen LogP contribution >= 0.6 is 0 Å². The largest absolute Gasteiger partial charge is 0.311 e. The van der Waals surface area contributed by atoms with Gasteiger partial charge in [0, 0.05) is 12.1 Å². The summed E-state index contributed by atoms with van der Waals surface area (Å²) in [7, 11) is 0. The van der Waals surface area contributed by atoms with Gasteiger partial charge in [-0.25, -0.2) is 0 Å². The Bertz CT molecular complexity index is 199. The highest BCUT2D eigenvalue weighted by Crippen LogP contribution is 2.16. The fourth-order valence-corrected chi connectivity index (χ4v) is 3.34. The number of hydrogen-bond donors (Lipinski definition) is 1. The average molecular weight is 283 g/mol. The molecule has 0 atom stereocenters. The minimum Gasteiger partial charge on any atom is -0.311 e. The van der Waals surface area contributed by atoms with Gasteiger partial charge in [0.15, 0.2) is 0 Å². The second-order valence-corrected chi connectivity index (χ2v) is 6.56. The number of rotatable bonds is 11. The number of unbranched alkanes of at least 4 members (excludes halogenated alkanes) is 4. The van der Waals surface area contributed by atoms with Crippen LogP contribution in [-0.4, -0.2) is 36.6 Å². The quantitative estimate of drug-likeness (QED) is 0.558. The van der Waals surface area contributed by atoms with Crippen molar-refractivity contribution in [2.24, 2.45) is 0 Å². The minimum atomic E-state index is 0.783. The summed E-state index contributed by atoms with van der Waals surface area (Å²) < 4.78 is 0. The third kappa shape index (κ3) is 7.64. The van der Waals surface area contributed by atoms with Crippen LogP contribution in [0.2, 0.25) is 0 Å². The molecule has 0 spiro atoms. The Morgan fingerprint density at radius 2 is 1.45 bits per heavy atom. The van der Waals surface area contributed by atoms with Crippen molar-refractivity contribution >= 4 is 0 Å². The Balaban J connectivity index is 2.26. The zero-order chi connectivity index (χ0) is 14.6. The fraction of sp³-hybridized carbons (Fsp3) is 1.00. The van der Waals surface area contributed by atoms with E-state index in [1.807, 2.05) is 0 Å². The Labute approximate surface area is 127 Å². The van der Waals surface area contributed by atoms with E-state index in [0.717, 1.165) is 12.1 Å². The molecule has 0 aromatic carbocycles. The molecule has 1 rings (SSSR count). The van der Waals surface area contributed by atoms with Crippen LogP contribution in [0.1, 0.15) is 85.0 Å². The normalized spacial score (nSPS) is 18.0. The van der Waals surface area contributed by atoms with E-state index >= 15 is 0 Å². The summed E-state index contributed by atoms with van der Waals surface area (Å²) in [5, 5.41) is 3.99. The Morgan fingerprint density at radius 3 is 1.90 bits per heavy atom. The Hall–Kier alpha value is -0.0800. The Morgan fingerprint density at radius 1 is 0.900 bits per heavy atom. The minimum absolute atomic E-state index is 0.783. The van der Waals surface area contributed by atoms with Crippen molar-refractivity contribution in [1.29, 1.82) is 0 Å². The molecule has 1 aliphatic rings. The molecule has 0 bridgehead atoms. The van der Waals surface area contributed by atoms with Crippen LogP contribution in [0.4, 0.5) is 0 Å². The monoisotopic (exact) mass is 282 g/mol. The second kappa shape index (κ2) is 11.6. The molecule has 0 radical (unpaired) electrons. The van der Waals surface area contributed by atoms with Gasteiger partial charge in [-0.15, -0.1) is 0 Å². The van der Waals surface area contributed by atoms with Crippen molar-refractivity contribution < 1.29 is 0 Å². The first kappa shape index (κ1) is 18.0. The third-order valence-corrected chi connectivity index (χ3v) is 4.82. The third-order valence-electron chi connectivity index (χ3n) is 4.82. The average Bonchev–Trinajstić information content (AvgIpc) is 2.48. The summed E-state index contributed by atoms with van der Waals surface area (Å²) in [5.41, 5.74) is 0. The van der Waals surface area contributed by atoms with Gasteiger partial charge in [0.05, 0.1) is 0 Å². The molecule has 2 nitrogen and oxygen atoms in total. The first-order valence-electron chi connectivity index (χ1n) is 9.28. The molecule has 1 saturated heterocycles. The van der Waals surface area contributed by atoms with E-state index in [9.17, 15) is 0 Å². The maximum Gasteiger partial charge on any atom is 0.00940 e. The lowest BCUT2D eigenvalue weighted by Gasteiger charge is -2.34. The van der Waals surface area contributed by atoms with Gasteiger partial charge >= 0.3 is 0 Å². The van der Waals surface area contributed by atoms with Gasteiger partial charge in [0.1, 0.15) is 0 Å². The van der Waals surface area contributed by atoms with Crippen LogP contribution < -0.4 is 5.32 Å². The van der Waals surface area contributed by atoms with E-state index in [4.69, 9.17) is 0 Å². The lowest BCUT2D eigenvalue weighted by atomic mass is 9.98. The SMILES string of the molecule is CCCCCC(CCCCC)NC1CCN(CC)CC1. The topological polar surface area (TPSA) is 15.3 Å². The molecule has 2 heteroatoms. The molecule has 0 aromatic rings. The molecule has 1 aliphatic heterocycles. The van der Waals surface area contributed by atoms with Crippen LogP contribution in [0, 0.1) is 0 Å². The summed E-state index contributed by atoms with van der Waals surface area (Å²) in [5.74, 6) is 0. The summed E-state index contributed by atoms with van der Waals surface area (Å²) >= 11 is 0. The molecule has 0 saturated carbocycles. The summed E-state index contributed by atoms with van der Waals surface area (Å²) in [6.45, 7) is 10.7. The highest BCUT2D eigenvalue weighted by molar-refractivity contribution is 4.80. The second-order valence-electron chi connectivity index (χ2n) is 6.56. The summed E-state index contributed by atoms with van der Waals surface area (Å²) in [6.07, 6.45) is 13.8. The van der Waals surface area contributed by atoms with Crippen molar-refractivity contribution in [2.75, 3.05) is 19.6 Å². The van der Waals surface area contributed by atoms with Gasteiger partial charge in [-0.3, -0.25) is 0 Å². The van der Waals surface area contributed by atoms with E-state index in [1.165, 1.54) is 83.8 Å². The van der Waals surface area contributed by atoms with Crippen molar-refractivity contribution in [2.45, 2.75) is 97.1 Å². The van der Waals surface area contributed by atoms with E-state index in [0.29, 0.717) is 0 Å². The highest BCUT2D eigenvalue weighted by Gasteiger charge is 2.20. The molecule has 20 heavy (non-hydrogen) atoms. The van der Waals surface area contributed by atoms with Crippen LogP contribution in [0.3, 0.4) is 0 Å². The molecule has 1 fully saturated rings. The lowest BCUT2D eigenvalue weighted by Crippen LogP contribution is -2.46. The number of likely N-dealkylation sites (tertiary alicyclic amines) is 1. The van der Waals surface area contributed by atoms with E-state index in [-0.39, 0.29) is 0 Å². The Kier molecular flexibility index (Phi) is 10.4. The van der Waals surface area contributed by atoms with Crippen molar-refractivity contribution in [1.82, 2.24) is 10.2 Å². The first-order valence-corrected chi connectivity index (χ1v) is 9.28. The molecule has 0 aromatic heterocycles.